The van der Waals surface area contributed by atoms with Gasteiger partial charge in [0, 0.05) is 5.69 Å². The van der Waals surface area contributed by atoms with Gasteiger partial charge >= 0.3 is 0 Å². The highest BCUT2D eigenvalue weighted by molar-refractivity contribution is 7.89. The van der Waals surface area contributed by atoms with Crippen LogP contribution in [0.1, 0.15) is 19.4 Å². The van der Waals surface area contributed by atoms with Crippen LogP contribution in [0.5, 0.6) is 0 Å². The largest absolute Gasteiger partial charge is 0.399 e. The first kappa shape index (κ1) is 15.5. The van der Waals surface area contributed by atoms with Crippen LogP contribution in [0.3, 0.4) is 0 Å². The maximum atomic E-state index is 12.2. The second-order valence-electron chi connectivity index (χ2n) is 4.82. The molecule has 1 unspecified atom stereocenters. The van der Waals surface area contributed by atoms with Crippen LogP contribution in [0, 0.1) is 12.8 Å². The third-order valence-electron chi connectivity index (χ3n) is 2.64. The summed E-state index contributed by atoms with van der Waals surface area (Å²) in [6.45, 7) is 5.16. The third kappa shape index (κ3) is 3.93. The number of carbonyl (C=O) groups is 1. The summed E-state index contributed by atoms with van der Waals surface area (Å²) in [4.78, 5) is 11.3. The highest BCUT2D eigenvalue weighted by Crippen LogP contribution is 2.17. The molecule has 1 aromatic rings. The average molecular weight is 285 g/mol. The van der Waals surface area contributed by atoms with Crippen LogP contribution in [-0.2, 0) is 14.8 Å². The second kappa shape index (κ2) is 5.58. The first-order chi connectivity index (χ1) is 8.63. The fourth-order valence-corrected chi connectivity index (χ4v) is 3.18. The molecule has 5 N–H and O–H groups in total. The number of carbonyl (C=O) groups excluding carboxylic acids is 1. The molecule has 0 aromatic heterocycles. The molecule has 1 atom stereocenters. The Balaban J connectivity index is 3.13. The Morgan fingerprint density at radius 1 is 1.26 bits per heavy atom. The van der Waals surface area contributed by atoms with Crippen LogP contribution in [0.25, 0.3) is 0 Å². The van der Waals surface area contributed by atoms with Crippen molar-refractivity contribution in [2.75, 3.05) is 5.73 Å². The molecule has 0 aliphatic carbocycles. The number of rotatable bonds is 5. The molecule has 0 saturated carbocycles. The Kier molecular flexibility index (Phi) is 4.54. The minimum atomic E-state index is -3.83. The van der Waals surface area contributed by atoms with E-state index >= 15 is 0 Å². The van der Waals surface area contributed by atoms with Crippen LogP contribution >= 0.6 is 0 Å². The fraction of sp³-hybridized carbons (Fsp3) is 0.417. The minimum Gasteiger partial charge on any atom is -0.399 e. The number of nitrogens with two attached hydrogens (primary N) is 2. The Morgan fingerprint density at radius 3 is 2.26 bits per heavy atom. The highest BCUT2D eigenvalue weighted by atomic mass is 32.2. The molecule has 6 nitrogen and oxygen atoms in total. The number of amides is 1. The van der Waals surface area contributed by atoms with Gasteiger partial charge in [-0.15, -0.1) is 0 Å². The second-order valence-corrected chi connectivity index (χ2v) is 6.54. The van der Waals surface area contributed by atoms with Crippen LogP contribution in [0.4, 0.5) is 5.69 Å². The summed E-state index contributed by atoms with van der Waals surface area (Å²) in [6, 6.07) is 3.53. The molecule has 0 aliphatic heterocycles. The lowest BCUT2D eigenvalue weighted by molar-refractivity contribution is -0.120. The molecule has 0 aliphatic rings. The smallest absolute Gasteiger partial charge is 0.241 e. The number of aryl methyl sites for hydroxylation is 1. The van der Waals surface area contributed by atoms with E-state index in [2.05, 4.69) is 4.72 Å². The van der Waals surface area contributed by atoms with Crippen molar-refractivity contribution in [3.05, 3.63) is 23.8 Å². The first-order valence-corrected chi connectivity index (χ1v) is 7.30. The Morgan fingerprint density at radius 2 is 1.84 bits per heavy atom. The van der Waals surface area contributed by atoms with Crippen molar-refractivity contribution < 1.29 is 13.2 Å². The Labute approximate surface area is 113 Å². The molecular formula is C12H19N3O3S. The number of primary amides is 1. The topological polar surface area (TPSA) is 115 Å². The Hall–Kier alpha value is -1.60. The number of nitrogens with one attached hydrogen (secondary N) is 1. The SMILES string of the molecule is Cc1cc(N)cc(S(=O)(=O)NC(C(N)=O)C(C)C)c1. The van der Waals surface area contributed by atoms with E-state index in [1.807, 2.05) is 0 Å². The highest BCUT2D eigenvalue weighted by Gasteiger charge is 2.26. The molecule has 0 radical (unpaired) electrons. The zero-order valence-corrected chi connectivity index (χ0v) is 12.0. The van der Waals surface area contributed by atoms with Crippen LogP contribution in [0.2, 0.25) is 0 Å². The van der Waals surface area contributed by atoms with Gasteiger partial charge in [-0.25, -0.2) is 8.42 Å². The lowest BCUT2D eigenvalue weighted by Crippen LogP contribution is -2.47. The summed E-state index contributed by atoms with van der Waals surface area (Å²) in [5, 5.41) is 0. The van der Waals surface area contributed by atoms with Crippen molar-refractivity contribution in [2.24, 2.45) is 11.7 Å². The van der Waals surface area contributed by atoms with Gasteiger partial charge in [0.05, 0.1) is 4.90 Å². The molecule has 1 amide bonds. The standard InChI is InChI=1S/C12H19N3O3S/c1-7(2)11(12(14)16)15-19(17,18)10-5-8(3)4-9(13)6-10/h4-7,11,15H,13H2,1-3H3,(H2,14,16). The van der Waals surface area contributed by atoms with E-state index in [0.717, 1.165) is 5.56 Å². The summed E-state index contributed by atoms with van der Waals surface area (Å²) < 4.78 is 26.7. The van der Waals surface area contributed by atoms with Crippen molar-refractivity contribution in [3.63, 3.8) is 0 Å². The van der Waals surface area contributed by atoms with Gasteiger partial charge in [-0.1, -0.05) is 13.8 Å². The molecule has 0 spiro atoms. The molecule has 0 saturated heterocycles. The summed E-state index contributed by atoms with van der Waals surface area (Å²) in [5.41, 5.74) is 11.9. The molecule has 0 bridgehead atoms. The van der Waals surface area contributed by atoms with Crippen LogP contribution < -0.4 is 16.2 Å². The Bertz CT molecular complexity index is 562. The third-order valence-corrected chi connectivity index (χ3v) is 4.06. The zero-order valence-electron chi connectivity index (χ0n) is 11.2. The number of sulfonamides is 1. The number of hydrogen-bond acceptors (Lipinski definition) is 4. The number of anilines is 1. The van der Waals surface area contributed by atoms with E-state index in [9.17, 15) is 13.2 Å². The molecule has 19 heavy (non-hydrogen) atoms. The van der Waals surface area contributed by atoms with Gasteiger partial charge in [0.15, 0.2) is 0 Å². The minimum absolute atomic E-state index is 0.0249. The zero-order chi connectivity index (χ0) is 14.8. The summed E-state index contributed by atoms with van der Waals surface area (Å²) in [5.74, 6) is -0.950. The van der Waals surface area contributed by atoms with E-state index in [0.29, 0.717) is 5.69 Å². The van der Waals surface area contributed by atoms with Crippen LogP contribution in [-0.4, -0.2) is 20.4 Å². The van der Waals surface area contributed by atoms with E-state index in [-0.39, 0.29) is 10.8 Å². The van der Waals surface area contributed by atoms with Crippen LogP contribution in [0.15, 0.2) is 23.1 Å². The molecule has 0 heterocycles. The maximum Gasteiger partial charge on any atom is 0.241 e. The first-order valence-electron chi connectivity index (χ1n) is 5.82. The molecule has 106 valence electrons. The monoisotopic (exact) mass is 285 g/mol. The van der Waals surface area contributed by atoms with Gasteiger partial charge < -0.3 is 11.5 Å². The van der Waals surface area contributed by atoms with Gasteiger partial charge in [0.1, 0.15) is 6.04 Å². The average Bonchev–Trinajstić information content (AvgIpc) is 2.23. The van der Waals surface area contributed by atoms with Crippen molar-refractivity contribution >= 4 is 21.6 Å². The predicted molar refractivity (Wildman–Crippen MR) is 73.7 cm³/mol. The lowest BCUT2D eigenvalue weighted by atomic mass is 10.1. The molecular weight excluding hydrogens is 266 g/mol. The van der Waals surface area contributed by atoms with E-state index < -0.39 is 22.0 Å². The van der Waals surface area contributed by atoms with Gasteiger partial charge in [0.25, 0.3) is 0 Å². The number of nitrogen functional groups attached to an aromatic ring is 1. The van der Waals surface area contributed by atoms with Crippen molar-refractivity contribution in [3.8, 4) is 0 Å². The number of benzene rings is 1. The summed E-state index contributed by atoms with van der Waals surface area (Å²) in [6.07, 6.45) is 0. The lowest BCUT2D eigenvalue weighted by Gasteiger charge is -2.19. The molecule has 7 heteroatoms. The van der Waals surface area contributed by atoms with E-state index in [4.69, 9.17) is 11.5 Å². The summed E-state index contributed by atoms with van der Waals surface area (Å²) in [7, 11) is -3.83. The molecule has 1 aromatic carbocycles. The molecule has 0 fully saturated rings. The van der Waals surface area contributed by atoms with E-state index in [1.54, 1.807) is 26.8 Å². The fourth-order valence-electron chi connectivity index (χ4n) is 1.69. The van der Waals surface area contributed by atoms with Gasteiger partial charge in [-0.05, 0) is 36.6 Å². The van der Waals surface area contributed by atoms with Crippen molar-refractivity contribution in [1.29, 1.82) is 0 Å². The molecule has 1 rings (SSSR count). The number of hydrogen-bond donors (Lipinski definition) is 3. The maximum absolute atomic E-state index is 12.2. The van der Waals surface area contributed by atoms with Crippen molar-refractivity contribution in [2.45, 2.75) is 31.7 Å². The predicted octanol–water partition coefficient (Wildman–Crippen LogP) is 0.365. The van der Waals surface area contributed by atoms with Gasteiger partial charge in [0.2, 0.25) is 15.9 Å². The summed E-state index contributed by atoms with van der Waals surface area (Å²) >= 11 is 0. The normalized spacial score (nSPS) is 13.5. The van der Waals surface area contributed by atoms with E-state index in [1.165, 1.54) is 12.1 Å². The quantitative estimate of drug-likeness (QED) is 0.678. The van der Waals surface area contributed by atoms with Gasteiger partial charge in [-0.2, -0.15) is 4.72 Å². The van der Waals surface area contributed by atoms with Gasteiger partial charge in [-0.3, -0.25) is 4.79 Å². The van der Waals surface area contributed by atoms with Crippen molar-refractivity contribution in [1.82, 2.24) is 4.72 Å².